The van der Waals surface area contributed by atoms with Crippen molar-refractivity contribution in [1.82, 2.24) is 4.57 Å². The van der Waals surface area contributed by atoms with Crippen LogP contribution in [0.25, 0.3) is 16.9 Å². The number of rotatable bonds is 3. The zero-order chi connectivity index (χ0) is 20.6. The highest BCUT2D eigenvalue weighted by Gasteiger charge is 2.25. The first-order valence-corrected chi connectivity index (χ1v) is 10.6. The van der Waals surface area contributed by atoms with Gasteiger partial charge in [-0.25, -0.2) is 4.79 Å². The van der Waals surface area contributed by atoms with Crippen LogP contribution in [0.4, 0.5) is 0 Å². The summed E-state index contributed by atoms with van der Waals surface area (Å²) in [5.74, 6) is -0.332. The lowest BCUT2D eigenvalue weighted by Gasteiger charge is -2.25. The molecule has 0 radical (unpaired) electrons. The van der Waals surface area contributed by atoms with Crippen LogP contribution in [-0.2, 0) is 10.2 Å². The van der Waals surface area contributed by atoms with Gasteiger partial charge in [-0.05, 0) is 59.9 Å². The first kappa shape index (κ1) is 20.9. The van der Waals surface area contributed by atoms with Crippen molar-refractivity contribution < 1.29 is 9.53 Å². The van der Waals surface area contributed by atoms with Crippen molar-refractivity contribution in [3.05, 3.63) is 74.3 Å². The number of aromatic nitrogens is 1. The fraction of sp³-hybridized carbons (Fsp3) is 0.261. The lowest BCUT2D eigenvalue weighted by Crippen LogP contribution is -2.16. The Kier molecular flexibility index (Phi) is 5.87. The number of nitrogens with zero attached hydrogens (tertiary/aromatic N) is 1. The van der Waals surface area contributed by atoms with Gasteiger partial charge in [0, 0.05) is 20.3 Å². The van der Waals surface area contributed by atoms with Gasteiger partial charge in [-0.2, -0.15) is 0 Å². The molecule has 3 nitrogen and oxygen atoms in total. The predicted octanol–water partition coefficient (Wildman–Crippen LogP) is 7.06. The second kappa shape index (κ2) is 7.88. The minimum atomic E-state index is -0.332. The molecule has 0 saturated carbocycles. The molecule has 5 heteroatoms. The number of esters is 1. The maximum Gasteiger partial charge on any atom is 0.339 e. The Bertz CT molecular complexity index is 1050. The van der Waals surface area contributed by atoms with Gasteiger partial charge in [0.25, 0.3) is 0 Å². The molecule has 0 aliphatic carbocycles. The maximum atomic E-state index is 12.4. The first-order valence-electron chi connectivity index (χ1n) is 9.00. The molecule has 0 fully saturated rings. The molecule has 0 atom stereocenters. The molecule has 0 amide bonds. The van der Waals surface area contributed by atoms with E-state index in [0.29, 0.717) is 5.56 Å². The van der Waals surface area contributed by atoms with Crippen molar-refractivity contribution in [2.75, 3.05) is 7.11 Å². The summed E-state index contributed by atoms with van der Waals surface area (Å²) in [6, 6.07) is 16.3. The molecule has 3 rings (SSSR count). The van der Waals surface area contributed by atoms with Gasteiger partial charge in [-0.15, -0.1) is 0 Å². The Morgan fingerprint density at radius 2 is 1.68 bits per heavy atom. The van der Waals surface area contributed by atoms with E-state index in [9.17, 15) is 4.79 Å². The highest BCUT2D eigenvalue weighted by molar-refractivity contribution is 9.10. The van der Waals surface area contributed by atoms with Gasteiger partial charge in [-0.3, -0.25) is 0 Å². The molecule has 0 aliphatic heterocycles. The Labute approximate surface area is 183 Å². The Hall–Kier alpha value is -1.85. The van der Waals surface area contributed by atoms with Gasteiger partial charge in [0.05, 0.1) is 18.4 Å². The molecule has 2 aromatic carbocycles. The van der Waals surface area contributed by atoms with Crippen LogP contribution in [0.1, 0.15) is 42.4 Å². The van der Waals surface area contributed by atoms with Crippen LogP contribution < -0.4 is 0 Å². The molecule has 0 spiro atoms. The fourth-order valence-corrected chi connectivity index (χ4v) is 4.16. The van der Waals surface area contributed by atoms with Gasteiger partial charge in [0.15, 0.2) is 0 Å². The highest BCUT2D eigenvalue weighted by Crippen LogP contribution is 2.37. The number of hydrogen-bond acceptors (Lipinski definition) is 2. The topological polar surface area (TPSA) is 31.2 Å². The quantitative estimate of drug-likeness (QED) is 0.357. The van der Waals surface area contributed by atoms with Crippen LogP contribution >= 0.6 is 31.9 Å². The molecule has 28 heavy (non-hydrogen) atoms. The average Bonchev–Trinajstić information content (AvgIpc) is 2.97. The Morgan fingerprint density at radius 3 is 2.29 bits per heavy atom. The molecule has 0 unspecified atom stereocenters. The number of ether oxygens (including phenoxy) is 1. The summed E-state index contributed by atoms with van der Waals surface area (Å²) >= 11 is 7.16. The number of carbonyl (C=O) groups excluding carboxylic acids is 1. The summed E-state index contributed by atoms with van der Waals surface area (Å²) in [5, 5.41) is 0. The number of hydrogen-bond donors (Lipinski definition) is 0. The van der Waals surface area contributed by atoms with Gasteiger partial charge >= 0.3 is 5.97 Å². The van der Waals surface area contributed by atoms with E-state index in [2.05, 4.69) is 75.4 Å². The van der Waals surface area contributed by atoms with E-state index in [4.69, 9.17) is 4.74 Å². The van der Waals surface area contributed by atoms with E-state index in [1.165, 1.54) is 12.7 Å². The van der Waals surface area contributed by atoms with Crippen molar-refractivity contribution in [2.45, 2.75) is 33.1 Å². The summed E-state index contributed by atoms with van der Waals surface area (Å²) in [6.45, 7) is 8.54. The highest BCUT2D eigenvalue weighted by atomic mass is 79.9. The Balaban J connectivity index is 2.38. The number of halogens is 2. The minimum absolute atomic E-state index is 0.0736. The first-order chi connectivity index (χ1) is 13.1. The summed E-state index contributed by atoms with van der Waals surface area (Å²) < 4.78 is 9.20. The van der Waals surface area contributed by atoms with E-state index in [1.807, 2.05) is 37.3 Å². The smallest absolute Gasteiger partial charge is 0.339 e. The summed E-state index contributed by atoms with van der Waals surface area (Å²) in [6.07, 6.45) is 0. The van der Waals surface area contributed by atoms with E-state index >= 15 is 0 Å². The lowest BCUT2D eigenvalue weighted by atomic mass is 9.85. The largest absolute Gasteiger partial charge is 0.465 e. The summed E-state index contributed by atoms with van der Waals surface area (Å²) in [7, 11) is 1.41. The third-order valence-corrected chi connectivity index (χ3v) is 5.77. The molecular weight excluding hydrogens is 482 g/mol. The molecule has 0 N–H and O–H groups in total. The van der Waals surface area contributed by atoms with Gasteiger partial charge in [0.1, 0.15) is 0 Å². The van der Waals surface area contributed by atoms with E-state index in [1.54, 1.807) is 0 Å². The number of methoxy groups -OCH3 is 1. The normalized spacial score (nSPS) is 11.5. The zero-order valence-electron chi connectivity index (χ0n) is 16.6. The fourth-order valence-electron chi connectivity index (χ4n) is 3.40. The lowest BCUT2D eigenvalue weighted by molar-refractivity contribution is 0.0600. The molecule has 3 aromatic rings. The second-order valence-electron chi connectivity index (χ2n) is 7.78. The van der Waals surface area contributed by atoms with Crippen LogP contribution in [-0.4, -0.2) is 17.6 Å². The number of carbonyl (C=O) groups is 1. The van der Waals surface area contributed by atoms with E-state index < -0.39 is 0 Å². The monoisotopic (exact) mass is 503 g/mol. The molecular formula is C23H23Br2NO2. The third kappa shape index (κ3) is 3.96. The van der Waals surface area contributed by atoms with Gasteiger partial charge in [-0.1, -0.05) is 64.8 Å². The standard InChI is InChI=1S/C23H23Br2NO2/c1-14-18(22(27)28-5)13-21(15-7-6-8-16(24)11-15)26(14)20-10-9-17(25)12-19(20)23(2,3)4/h6-13H,1-5H3. The van der Waals surface area contributed by atoms with Crippen LogP contribution in [0.3, 0.4) is 0 Å². The van der Waals surface area contributed by atoms with E-state index in [0.717, 1.165) is 31.6 Å². The molecule has 0 bridgehead atoms. The van der Waals surface area contributed by atoms with Crippen molar-refractivity contribution in [2.24, 2.45) is 0 Å². The van der Waals surface area contributed by atoms with Crippen LogP contribution in [0.15, 0.2) is 57.5 Å². The van der Waals surface area contributed by atoms with Gasteiger partial charge < -0.3 is 9.30 Å². The van der Waals surface area contributed by atoms with Crippen molar-refractivity contribution >= 4 is 37.8 Å². The SMILES string of the molecule is COC(=O)c1cc(-c2cccc(Br)c2)n(-c2ccc(Br)cc2C(C)(C)C)c1C. The van der Waals surface area contributed by atoms with Crippen molar-refractivity contribution in [1.29, 1.82) is 0 Å². The van der Waals surface area contributed by atoms with E-state index in [-0.39, 0.29) is 11.4 Å². The van der Waals surface area contributed by atoms with Crippen LogP contribution in [0.5, 0.6) is 0 Å². The third-order valence-electron chi connectivity index (χ3n) is 4.78. The maximum absolute atomic E-state index is 12.4. The average molecular weight is 505 g/mol. The predicted molar refractivity (Wildman–Crippen MR) is 121 cm³/mol. The van der Waals surface area contributed by atoms with Crippen LogP contribution in [0, 0.1) is 6.92 Å². The van der Waals surface area contributed by atoms with Crippen molar-refractivity contribution in [3.8, 4) is 16.9 Å². The molecule has 1 aromatic heterocycles. The molecule has 0 saturated heterocycles. The summed E-state index contributed by atoms with van der Waals surface area (Å²) in [4.78, 5) is 12.4. The Morgan fingerprint density at radius 1 is 1.00 bits per heavy atom. The van der Waals surface area contributed by atoms with Crippen molar-refractivity contribution in [3.63, 3.8) is 0 Å². The zero-order valence-corrected chi connectivity index (χ0v) is 19.8. The minimum Gasteiger partial charge on any atom is -0.465 e. The number of benzene rings is 2. The second-order valence-corrected chi connectivity index (χ2v) is 9.61. The van der Waals surface area contributed by atoms with Crippen LogP contribution in [0.2, 0.25) is 0 Å². The van der Waals surface area contributed by atoms with Gasteiger partial charge in [0.2, 0.25) is 0 Å². The molecule has 1 heterocycles. The molecule has 0 aliphatic rings. The molecule has 146 valence electrons. The summed E-state index contributed by atoms with van der Waals surface area (Å²) in [5.41, 5.74) is 5.57.